The van der Waals surface area contributed by atoms with Crippen LogP contribution in [-0.4, -0.2) is 42.4 Å². The molecule has 1 saturated carbocycles. The number of aliphatic carboxylic acids is 1. The molecular weight excluding hydrogens is 260 g/mol. The van der Waals surface area contributed by atoms with E-state index in [1.54, 1.807) is 0 Å². The van der Waals surface area contributed by atoms with Crippen molar-refractivity contribution in [3.8, 4) is 0 Å². The van der Waals surface area contributed by atoms with Crippen LogP contribution in [0.25, 0.3) is 0 Å². The summed E-state index contributed by atoms with van der Waals surface area (Å²) < 4.78 is 5.28. The van der Waals surface area contributed by atoms with Crippen molar-refractivity contribution in [2.45, 2.75) is 51.0 Å². The Morgan fingerprint density at radius 1 is 1.20 bits per heavy atom. The molecule has 0 bridgehead atoms. The van der Waals surface area contributed by atoms with Crippen LogP contribution in [0.5, 0.6) is 0 Å². The lowest BCUT2D eigenvalue weighted by atomic mass is 9.74. The Hall–Kier alpha value is -1.30. The molecule has 2 aliphatic rings. The van der Waals surface area contributed by atoms with Crippen LogP contribution in [0.15, 0.2) is 0 Å². The van der Waals surface area contributed by atoms with Crippen molar-refractivity contribution in [3.63, 3.8) is 0 Å². The molecule has 0 aromatic rings. The minimum Gasteiger partial charge on any atom is -0.481 e. The van der Waals surface area contributed by atoms with Gasteiger partial charge in [0.2, 0.25) is 0 Å². The SMILES string of the molecule is CC1(NC(=O)NCC2(C(=O)O)CCCCC2)CCOC1. The number of hydrogen-bond acceptors (Lipinski definition) is 3. The van der Waals surface area contributed by atoms with Gasteiger partial charge in [-0.15, -0.1) is 0 Å². The van der Waals surface area contributed by atoms with Crippen LogP contribution in [0.2, 0.25) is 0 Å². The van der Waals surface area contributed by atoms with E-state index in [4.69, 9.17) is 4.74 Å². The van der Waals surface area contributed by atoms with Crippen molar-refractivity contribution in [1.82, 2.24) is 10.6 Å². The molecule has 6 nitrogen and oxygen atoms in total. The normalized spacial score (nSPS) is 28.9. The second-order valence-corrected chi connectivity index (χ2v) is 6.32. The van der Waals surface area contributed by atoms with E-state index in [0.717, 1.165) is 25.7 Å². The third-order valence-corrected chi connectivity index (χ3v) is 4.49. The van der Waals surface area contributed by atoms with E-state index in [0.29, 0.717) is 26.1 Å². The number of carbonyl (C=O) groups is 2. The molecule has 114 valence electrons. The fraction of sp³-hybridized carbons (Fsp3) is 0.857. The maximum Gasteiger partial charge on any atom is 0.315 e. The number of hydrogen-bond donors (Lipinski definition) is 3. The minimum absolute atomic E-state index is 0.200. The number of ether oxygens (including phenoxy) is 1. The third kappa shape index (κ3) is 3.42. The number of rotatable bonds is 4. The first-order valence-electron chi connectivity index (χ1n) is 7.33. The molecule has 0 spiro atoms. The van der Waals surface area contributed by atoms with Gasteiger partial charge in [0.1, 0.15) is 0 Å². The topological polar surface area (TPSA) is 87.7 Å². The molecule has 1 unspecified atom stereocenters. The zero-order valence-electron chi connectivity index (χ0n) is 12.0. The molecule has 0 aromatic carbocycles. The summed E-state index contributed by atoms with van der Waals surface area (Å²) in [6.07, 6.45) is 4.98. The summed E-state index contributed by atoms with van der Waals surface area (Å²) in [6.45, 7) is 3.29. The highest BCUT2D eigenvalue weighted by Crippen LogP contribution is 2.36. The predicted octanol–water partition coefficient (Wildman–Crippen LogP) is 1.50. The van der Waals surface area contributed by atoms with Crippen LogP contribution >= 0.6 is 0 Å². The molecule has 2 amide bonds. The predicted molar refractivity (Wildman–Crippen MR) is 73.5 cm³/mol. The third-order valence-electron chi connectivity index (χ3n) is 4.49. The van der Waals surface area contributed by atoms with E-state index in [-0.39, 0.29) is 18.1 Å². The number of amides is 2. The lowest BCUT2D eigenvalue weighted by molar-refractivity contribution is -0.150. The first kappa shape index (κ1) is 15.1. The Balaban J connectivity index is 1.86. The van der Waals surface area contributed by atoms with E-state index in [1.807, 2.05) is 6.92 Å². The highest BCUT2D eigenvalue weighted by atomic mass is 16.5. The first-order chi connectivity index (χ1) is 9.46. The molecule has 1 atom stereocenters. The van der Waals surface area contributed by atoms with Gasteiger partial charge in [0.05, 0.1) is 17.6 Å². The monoisotopic (exact) mass is 284 g/mol. The number of carboxylic acid groups (broad SMARTS) is 1. The molecule has 3 N–H and O–H groups in total. The van der Waals surface area contributed by atoms with Crippen LogP contribution in [0.4, 0.5) is 4.79 Å². The van der Waals surface area contributed by atoms with Gasteiger partial charge in [-0.3, -0.25) is 4.79 Å². The summed E-state index contributed by atoms with van der Waals surface area (Å²) in [5.74, 6) is -0.798. The largest absolute Gasteiger partial charge is 0.481 e. The van der Waals surface area contributed by atoms with E-state index in [2.05, 4.69) is 10.6 Å². The van der Waals surface area contributed by atoms with Gasteiger partial charge in [-0.1, -0.05) is 19.3 Å². The second kappa shape index (κ2) is 5.99. The summed E-state index contributed by atoms with van der Waals surface area (Å²) in [4.78, 5) is 23.4. The van der Waals surface area contributed by atoms with Crippen LogP contribution < -0.4 is 10.6 Å². The van der Waals surface area contributed by atoms with Crippen LogP contribution in [-0.2, 0) is 9.53 Å². The van der Waals surface area contributed by atoms with E-state index in [1.165, 1.54) is 0 Å². The number of urea groups is 1. The molecule has 1 heterocycles. The molecule has 0 radical (unpaired) electrons. The molecular formula is C14H24N2O4. The lowest BCUT2D eigenvalue weighted by Gasteiger charge is -2.33. The van der Waals surface area contributed by atoms with Crippen molar-refractivity contribution >= 4 is 12.0 Å². The number of carbonyl (C=O) groups excluding carboxylic acids is 1. The molecule has 20 heavy (non-hydrogen) atoms. The van der Waals surface area contributed by atoms with E-state index >= 15 is 0 Å². The van der Waals surface area contributed by atoms with Gasteiger partial charge in [0.25, 0.3) is 0 Å². The van der Waals surface area contributed by atoms with E-state index in [9.17, 15) is 14.7 Å². The highest BCUT2D eigenvalue weighted by molar-refractivity contribution is 5.78. The summed E-state index contributed by atoms with van der Waals surface area (Å²) in [6, 6.07) is -0.302. The fourth-order valence-electron chi connectivity index (χ4n) is 3.03. The van der Waals surface area contributed by atoms with Crippen LogP contribution in [0.1, 0.15) is 45.4 Å². The molecule has 6 heteroatoms. The average molecular weight is 284 g/mol. The fourth-order valence-corrected chi connectivity index (χ4v) is 3.03. The Morgan fingerprint density at radius 2 is 1.90 bits per heavy atom. The zero-order chi connectivity index (χ0) is 14.6. The number of nitrogens with one attached hydrogen (secondary N) is 2. The summed E-state index contributed by atoms with van der Waals surface area (Å²) in [5, 5.41) is 15.1. The second-order valence-electron chi connectivity index (χ2n) is 6.32. The summed E-state index contributed by atoms with van der Waals surface area (Å²) in [5.41, 5.74) is -1.13. The van der Waals surface area contributed by atoms with Crippen molar-refractivity contribution in [2.24, 2.45) is 5.41 Å². The van der Waals surface area contributed by atoms with Gasteiger partial charge in [-0.2, -0.15) is 0 Å². The first-order valence-corrected chi connectivity index (χ1v) is 7.33. The minimum atomic E-state index is -0.798. The van der Waals surface area contributed by atoms with Gasteiger partial charge >= 0.3 is 12.0 Å². The Kier molecular flexibility index (Phi) is 4.52. The van der Waals surface area contributed by atoms with Crippen LogP contribution in [0.3, 0.4) is 0 Å². The highest BCUT2D eigenvalue weighted by Gasteiger charge is 2.40. The molecule has 1 saturated heterocycles. The van der Waals surface area contributed by atoms with Gasteiger partial charge in [-0.25, -0.2) is 4.79 Å². The molecule has 0 aromatic heterocycles. The maximum atomic E-state index is 11.9. The van der Waals surface area contributed by atoms with Gasteiger partial charge in [-0.05, 0) is 26.2 Å². The van der Waals surface area contributed by atoms with Gasteiger partial charge < -0.3 is 20.5 Å². The van der Waals surface area contributed by atoms with Crippen molar-refractivity contribution in [3.05, 3.63) is 0 Å². The molecule has 1 aliphatic heterocycles. The van der Waals surface area contributed by atoms with Crippen molar-refractivity contribution in [1.29, 1.82) is 0 Å². The quantitative estimate of drug-likeness (QED) is 0.730. The van der Waals surface area contributed by atoms with Crippen LogP contribution in [0, 0.1) is 5.41 Å². The molecule has 1 aliphatic carbocycles. The molecule has 2 rings (SSSR count). The van der Waals surface area contributed by atoms with Gasteiger partial charge in [0, 0.05) is 13.2 Å². The van der Waals surface area contributed by atoms with Crippen molar-refractivity contribution in [2.75, 3.05) is 19.8 Å². The lowest BCUT2D eigenvalue weighted by Crippen LogP contribution is -2.53. The smallest absolute Gasteiger partial charge is 0.315 e. The standard InChI is InChI=1S/C14H24N2O4/c1-13(7-8-20-10-13)16-12(19)15-9-14(11(17)18)5-3-2-4-6-14/h2-10H2,1H3,(H,17,18)(H2,15,16,19). The number of carboxylic acids is 1. The van der Waals surface area contributed by atoms with Crippen molar-refractivity contribution < 1.29 is 19.4 Å². The zero-order valence-corrected chi connectivity index (χ0v) is 12.0. The summed E-state index contributed by atoms with van der Waals surface area (Å²) >= 11 is 0. The Labute approximate surface area is 119 Å². The Bertz CT molecular complexity index is 371. The van der Waals surface area contributed by atoms with Gasteiger partial charge in [0.15, 0.2) is 0 Å². The molecule has 2 fully saturated rings. The Morgan fingerprint density at radius 3 is 2.45 bits per heavy atom. The summed E-state index contributed by atoms with van der Waals surface area (Å²) in [7, 11) is 0. The maximum absolute atomic E-state index is 11.9. The van der Waals surface area contributed by atoms with E-state index < -0.39 is 11.4 Å². The average Bonchev–Trinajstić information content (AvgIpc) is 2.84.